The second kappa shape index (κ2) is 7.48. The van der Waals surface area contributed by atoms with Gasteiger partial charge in [0, 0.05) is 11.8 Å². The van der Waals surface area contributed by atoms with E-state index in [1.54, 1.807) is 26.4 Å². The highest BCUT2D eigenvalue weighted by molar-refractivity contribution is 8.14. The summed E-state index contributed by atoms with van der Waals surface area (Å²) in [6.07, 6.45) is -0.0113. The number of carbonyl (C=O) groups is 1. The average Bonchev–Trinajstić information content (AvgIpc) is 2.61. The van der Waals surface area contributed by atoms with Gasteiger partial charge in [-0.25, -0.2) is 4.99 Å². The fourth-order valence-electron chi connectivity index (χ4n) is 2.59. The Labute approximate surface area is 149 Å². The van der Waals surface area contributed by atoms with E-state index in [9.17, 15) is 9.90 Å². The van der Waals surface area contributed by atoms with Crippen molar-refractivity contribution >= 4 is 34.3 Å². The molecule has 0 aromatic heterocycles. The molecule has 0 saturated heterocycles. The van der Waals surface area contributed by atoms with E-state index in [0.717, 1.165) is 11.3 Å². The van der Waals surface area contributed by atoms with Gasteiger partial charge in [0.1, 0.15) is 0 Å². The molecular formula is C18H18N2O4S. The van der Waals surface area contributed by atoms with Crippen LogP contribution in [-0.2, 0) is 4.79 Å². The monoisotopic (exact) mass is 358 g/mol. The molecule has 7 heteroatoms. The van der Waals surface area contributed by atoms with Crippen molar-refractivity contribution in [1.82, 2.24) is 0 Å². The number of aliphatic carboxylic acids is 1. The molecule has 0 bridgehead atoms. The van der Waals surface area contributed by atoms with Gasteiger partial charge in [0.25, 0.3) is 0 Å². The molecule has 1 aliphatic heterocycles. The van der Waals surface area contributed by atoms with E-state index in [1.807, 2.05) is 30.3 Å². The van der Waals surface area contributed by atoms with Crippen LogP contribution in [0.1, 0.15) is 17.2 Å². The lowest BCUT2D eigenvalue weighted by molar-refractivity contribution is -0.137. The van der Waals surface area contributed by atoms with E-state index in [0.29, 0.717) is 22.4 Å². The maximum absolute atomic E-state index is 11.3. The molecule has 3 rings (SSSR count). The number of fused-ring (bicyclic) bond motifs is 1. The zero-order valence-electron chi connectivity index (χ0n) is 13.9. The van der Waals surface area contributed by atoms with Crippen molar-refractivity contribution in [2.24, 2.45) is 4.99 Å². The molecule has 6 nitrogen and oxygen atoms in total. The first kappa shape index (κ1) is 17.2. The van der Waals surface area contributed by atoms with E-state index in [1.165, 1.54) is 11.8 Å². The molecule has 1 unspecified atom stereocenters. The number of thioether (sulfide) groups is 1. The van der Waals surface area contributed by atoms with Gasteiger partial charge in [0.2, 0.25) is 0 Å². The number of ether oxygens (including phenoxy) is 2. The number of para-hydroxylation sites is 1. The van der Waals surface area contributed by atoms with Gasteiger partial charge in [-0.15, -0.1) is 0 Å². The van der Waals surface area contributed by atoms with Crippen LogP contribution in [0.4, 0.5) is 11.4 Å². The van der Waals surface area contributed by atoms with Crippen LogP contribution in [0.3, 0.4) is 0 Å². The van der Waals surface area contributed by atoms with Gasteiger partial charge < -0.3 is 19.9 Å². The van der Waals surface area contributed by atoms with Crippen molar-refractivity contribution in [3.8, 4) is 11.5 Å². The lowest BCUT2D eigenvalue weighted by Crippen LogP contribution is -2.16. The zero-order valence-corrected chi connectivity index (χ0v) is 14.7. The molecule has 0 spiro atoms. The van der Waals surface area contributed by atoms with Crippen LogP contribution in [0.5, 0.6) is 11.5 Å². The number of benzene rings is 2. The van der Waals surface area contributed by atoms with E-state index in [2.05, 4.69) is 10.3 Å². The quantitative estimate of drug-likeness (QED) is 0.839. The van der Waals surface area contributed by atoms with Crippen LogP contribution < -0.4 is 14.8 Å². The van der Waals surface area contributed by atoms with Gasteiger partial charge in [0.15, 0.2) is 16.7 Å². The molecule has 0 radical (unpaired) electrons. The van der Waals surface area contributed by atoms with E-state index < -0.39 is 5.97 Å². The summed E-state index contributed by atoms with van der Waals surface area (Å²) < 4.78 is 10.7. The second-order valence-electron chi connectivity index (χ2n) is 5.38. The summed E-state index contributed by atoms with van der Waals surface area (Å²) in [5.74, 6) is 0.260. The molecule has 130 valence electrons. The Morgan fingerprint density at radius 1 is 1.20 bits per heavy atom. The Hall–Kier alpha value is -2.67. The molecular weight excluding hydrogens is 340 g/mol. The molecule has 1 atom stereocenters. The number of aliphatic imine (C=N–C) groups is 1. The van der Waals surface area contributed by atoms with Crippen LogP contribution in [-0.4, -0.2) is 30.5 Å². The summed E-state index contributed by atoms with van der Waals surface area (Å²) in [4.78, 5) is 15.9. The topological polar surface area (TPSA) is 80.2 Å². The lowest BCUT2D eigenvalue weighted by Gasteiger charge is -2.25. The number of anilines is 1. The van der Waals surface area contributed by atoms with E-state index in [-0.39, 0.29) is 11.7 Å². The van der Waals surface area contributed by atoms with E-state index >= 15 is 0 Å². The summed E-state index contributed by atoms with van der Waals surface area (Å²) in [6.45, 7) is 0. The predicted octanol–water partition coefficient (Wildman–Crippen LogP) is 4.07. The Morgan fingerprint density at radius 2 is 1.88 bits per heavy atom. The number of hydrogen-bond donors (Lipinski definition) is 2. The third kappa shape index (κ3) is 3.88. The van der Waals surface area contributed by atoms with Crippen molar-refractivity contribution < 1.29 is 19.4 Å². The van der Waals surface area contributed by atoms with Crippen LogP contribution >= 0.6 is 11.8 Å². The Balaban J connectivity index is 2.00. The number of nitrogens with zero attached hydrogens (tertiary/aromatic N) is 1. The normalized spacial score (nSPS) is 15.8. The van der Waals surface area contributed by atoms with Gasteiger partial charge in [0.05, 0.1) is 31.6 Å². The molecule has 0 amide bonds. The zero-order chi connectivity index (χ0) is 17.8. The van der Waals surface area contributed by atoms with E-state index in [4.69, 9.17) is 9.47 Å². The van der Waals surface area contributed by atoms with Crippen LogP contribution in [0.25, 0.3) is 0 Å². The highest BCUT2D eigenvalue weighted by Crippen LogP contribution is 2.47. The van der Waals surface area contributed by atoms with Gasteiger partial charge in [-0.3, -0.25) is 4.79 Å². The largest absolute Gasteiger partial charge is 0.493 e. The number of nitrogens with one attached hydrogen (secondary N) is 1. The molecule has 1 aliphatic rings. The number of carboxylic acids is 1. The minimum absolute atomic E-state index is 0.0113. The SMILES string of the molecule is COc1cc2c(cc1OC)C(CC(=O)O)SC(Nc1ccccc1)=N2. The Bertz CT molecular complexity index is 808. The van der Waals surface area contributed by atoms with Crippen LogP contribution in [0.15, 0.2) is 47.5 Å². The molecule has 25 heavy (non-hydrogen) atoms. The van der Waals surface area contributed by atoms with Gasteiger partial charge in [-0.05, 0) is 23.8 Å². The maximum atomic E-state index is 11.3. The standard InChI is InChI=1S/C18H18N2O4S/c1-23-14-8-12-13(9-15(14)24-2)20-18(25-16(12)10-17(21)22)19-11-6-4-3-5-7-11/h3-9,16H,10H2,1-2H3,(H,19,20)(H,21,22). The molecule has 0 fully saturated rings. The van der Waals surface area contributed by atoms with Crippen molar-refractivity contribution in [3.63, 3.8) is 0 Å². The predicted molar refractivity (Wildman–Crippen MR) is 99.3 cm³/mol. The fourth-order valence-corrected chi connectivity index (χ4v) is 3.72. The number of hydrogen-bond acceptors (Lipinski definition) is 6. The van der Waals surface area contributed by atoms with Crippen molar-refractivity contribution in [1.29, 1.82) is 0 Å². The van der Waals surface area contributed by atoms with Crippen LogP contribution in [0.2, 0.25) is 0 Å². The highest BCUT2D eigenvalue weighted by Gasteiger charge is 2.28. The first-order chi connectivity index (χ1) is 12.1. The smallest absolute Gasteiger partial charge is 0.304 e. The molecule has 2 aromatic carbocycles. The summed E-state index contributed by atoms with van der Waals surface area (Å²) in [5.41, 5.74) is 2.40. The average molecular weight is 358 g/mol. The maximum Gasteiger partial charge on any atom is 0.304 e. The highest BCUT2D eigenvalue weighted by atomic mass is 32.2. The number of amidine groups is 1. The molecule has 2 N–H and O–H groups in total. The molecule has 1 heterocycles. The first-order valence-electron chi connectivity index (χ1n) is 7.66. The van der Waals surface area contributed by atoms with Crippen molar-refractivity contribution in [2.75, 3.05) is 19.5 Å². The first-order valence-corrected chi connectivity index (χ1v) is 8.54. The third-order valence-electron chi connectivity index (χ3n) is 3.74. The Kier molecular flexibility index (Phi) is 5.14. The third-order valence-corrected chi connectivity index (χ3v) is 4.86. The summed E-state index contributed by atoms with van der Waals surface area (Å²) in [5, 5.41) is 12.9. The molecule has 0 aliphatic carbocycles. The van der Waals surface area contributed by atoms with Gasteiger partial charge in [-0.2, -0.15) is 0 Å². The number of rotatable bonds is 5. The number of carboxylic acid groups (broad SMARTS) is 1. The minimum atomic E-state index is -0.862. The molecule has 0 saturated carbocycles. The van der Waals surface area contributed by atoms with Crippen LogP contribution in [0, 0.1) is 0 Å². The second-order valence-corrected chi connectivity index (χ2v) is 6.57. The Morgan fingerprint density at radius 3 is 2.52 bits per heavy atom. The minimum Gasteiger partial charge on any atom is -0.493 e. The van der Waals surface area contributed by atoms with Crippen molar-refractivity contribution in [2.45, 2.75) is 11.7 Å². The number of methoxy groups -OCH3 is 2. The summed E-state index contributed by atoms with van der Waals surface area (Å²) in [7, 11) is 3.11. The fraction of sp³-hybridized carbons (Fsp3) is 0.222. The summed E-state index contributed by atoms with van der Waals surface area (Å²) >= 11 is 1.39. The lowest BCUT2D eigenvalue weighted by atomic mass is 10.1. The molecule has 2 aromatic rings. The summed E-state index contributed by atoms with van der Waals surface area (Å²) in [6, 6.07) is 13.2. The van der Waals surface area contributed by atoms with Gasteiger partial charge in [-0.1, -0.05) is 30.0 Å². The van der Waals surface area contributed by atoms with Gasteiger partial charge >= 0.3 is 5.97 Å². The van der Waals surface area contributed by atoms with Crippen molar-refractivity contribution in [3.05, 3.63) is 48.0 Å².